The first kappa shape index (κ1) is 20.0. The molecule has 3 aromatic rings. The van der Waals surface area contributed by atoms with Crippen LogP contribution in [0.1, 0.15) is 24.3 Å². The van der Waals surface area contributed by atoms with Crippen LogP contribution in [0.3, 0.4) is 0 Å². The van der Waals surface area contributed by atoms with Crippen molar-refractivity contribution in [1.29, 1.82) is 0 Å². The van der Waals surface area contributed by atoms with Crippen molar-refractivity contribution in [2.24, 2.45) is 5.92 Å². The minimum absolute atomic E-state index is 0.212. The third-order valence-corrected chi connectivity index (χ3v) is 8.06. The first-order chi connectivity index (χ1) is 13.9. The standard InChI is InChI=1S/C19H23N5O3S2/c1-13-18(14(2)27-23-13)16-6-7-17(28-16)29(25,26)22-11-15-5-3-10-24(12-15)19-20-8-4-9-21-19/h4,6-9,15,22H,3,5,10-12H2,1-2H3. The monoisotopic (exact) mass is 433 g/mol. The molecule has 0 radical (unpaired) electrons. The summed E-state index contributed by atoms with van der Waals surface area (Å²) in [6.07, 6.45) is 5.41. The Morgan fingerprint density at radius 2 is 2.07 bits per heavy atom. The largest absolute Gasteiger partial charge is 0.361 e. The van der Waals surface area contributed by atoms with Gasteiger partial charge in [0.25, 0.3) is 0 Å². The molecule has 1 aliphatic rings. The highest BCUT2D eigenvalue weighted by molar-refractivity contribution is 7.91. The van der Waals surface area contributed by atoms with E-state index in [1.54, 1.807) is 30.6 Å². The van der Waals surface area contributed by atoms with Crippen LogP contribution in [0.4, 0.5) is 5.95 Å². The summed E-state index contributed by atoms with van der Waals surface area (Å²) < 4.78 is 33.9. The fraction of sp³-hybridized carbons (Fsp3) is 0.421. The smallest absolute Gasteiger partial charge is 0.250 e. The van der Waals surface area contributed by atoms with Gasteiger partial charge in [-0.25, -0.2) is 23.1 Å². The van der Waals surface area contributed by atoms with Gasteiger partial charge in [0.15, 0.2) is 0 Å². The highest BCUT2D eigenvalue weighted by Crippen LogP contribution is 2.34. The van der Waals surface area contributed by atoms with E-state index in [0.29, 0.717) is 22.5 Å². The normalized spacial score (nSPS) is 17.6. The van der Waals surface area contributed by atoms with E-state index in [1.807, 2.05) is 13.8 Å². The molecule has 154 valence electrons. The molecule has 1 aliphatic heterocycles. The van der Waals surface area contributed by atoms with Crippen molar-refractivity contribution in [2.75, 3.05) is 24.5 Å². The second kappa shape index (κ2) is 8.21. The summed E-state index contributed by atoms with van der Waals surface area (Å²) in [6, 6.07) is 5.23. The van der Waals surface area contributed by atoms with Crippen LogP contribution in [0.2, 0.25) is 0 Å². The van der Waals surface area contributed by atoms with Crippen molar-refractivity contribution in [1.82, 2.24) is 19.8 Å². The molecule has 1 N–H and O–H groups in total. The molecule has 0 spiro atoms. The van der Waals surface area contributed by atoms with Crippen LogP contribution in [-0.2, 0) is 10.0 Å². The minimum Gasteiger partial charge on any atom is -0.361 e. The molecule has 0 aromatic carbocycles. The molecule has 1 fully saturated rings. The Morgan fingerprint density at radius 1 is 1.28 bits per heavy atom. The molecular formula is C19H23N5O3S2. The summed E-state index contributed by atoms with van der Waals surface area (Å²) >= 11 is 1.23. The Labute approximate surface area is 174 Å². The topological polar surface area (TPSA) is 101 Å². The second-order valence-electron chi connectivity index (χ2n) is 7.17. The summed E-state index contributed by atoms with van der Waals surface area (Å²) in [5.74, 6) is 1.60. The molecule has 0 saturated carbocycles. The Morgan fingerprint density at radius 3 is 2.79 bits per heavy atom. The number of piperidine rings is 1. The molecule has 1 unspecified atom stereocenters. The van der Waals surface area contributed by atoms with Gasteiger partial charge in [-0.3, -0.25) is 0 Å². The van der Waals surface area contributed by atoms with Crippen molar-refractivity contribution in [3.05, 3.63) is 42.0 Å². The maximum atomic E-state index is 12.8. The Hall–Kier alpha value is -2.30. The number of nitrogens with one attached hydrogen (secondary N) is 1. The van der Waals surface area contributed by atoms with Crippen LogP contribution in [0, 0.1) is 19.8 Å². The molecule has 0 aliphatic carbocycles. The third kappa shape index (κ3) is 4.34. The van der Waals surface area contributed by atoms with Gasteiger partial charge in [0.2, 0.25) is 16.0 Å². The lowest BCUT2D eigenvalue weighted by Crippen LogP contribution is -2.41. The number of hydrogen-bond donors (Lipinski definition) is 1. The number of aryl methyl sites for hydroxylation is 2. The van der Waals surface area contributed by atoms with Gasteiger partial charge in [-0.05, 0) is 50.8 Å². The lowest BCUT2D eigenvalue weighted by Gasteiger charge is -2.32. The van der Waals surface area contributed by atoms with Crippen LogP contribution in [0.25, 0.3) is 10.4 Å². The van der Waals surface area contributed by atoms with Gasteiger partial charge < -0.3 is 9.42 Å². The fourth-order valence-corrected chi connectivity index (χ4v) is 6.21. The van der Waals surface area contributed by atoms with Crippen molar-refractivity contribution in [3.8, 4) is 10.4 Å². The molecule has 4 rings (SSSR count). The number of rotatable bonds is 6. The van der Waals surface area contributed by atoms with E-state index < -0.39 is 10.0 Å². The molecule has 1 atom stereocenters. The minimum atomic E-state index is -3.57. The van der Waals surface area contributed by atoms with Crippen LogP contribution in [-0.4, -0.2) is 43.2 Å². The van der Waals surface area contributed by atoms with Gasteiger partial charge in [0, 0.05) is 36.9 Å². The van der Waals surface area contributed by atoms with Crippen molar-refractivity contribution >= 4 is 27.3 Å². The van der Waals surface area contributed by atoms with E-state index in [0.717, 1.165) is 42.1 Å². The van der Waals surface area contributed by atoms with Gasteiger partial charge in [0.1, 0.15) is 9.97 Å². The number of hydrogen-bond acceptors (Lipinski definition) is 8. The van der Waals surface area contributed by atoms with Gasteiger partial charge in [-0.1, -0.05) is 5.16 Å². The van der Waals surface area contributed by atoms with Crippen molar-refractivity contribution in [3.63, 3.8) is 0 Å². The SMILES string of the molecule is Cc1noc(C)c1-c1ccc(S(=O)(=O)NCC2CCCN(c3ncccn3)C2)s1. The average Bonchev–Trinajstić information content (AvgIpc) is 3.34. The predicted molar refractivity (Wildman–Crippen MR) is 111 cm³/mol. The maximum absolute atomic E-state index is 12.8. The molecule has 10 heteroatoms. The van der Waals surface area contributed by atoms with Gasteiger partial charge in [-0.2, -0.15) is 0 Å². The van der Waals surface area contributed by atoms with E-state index in [-0.39, 0.29) is 5.92 Å². The molecule has 0 amide bonds. The van der Waals surface area contributed by atoms with Gasteiger partial charge in [-0.15, -0.1) is 11.3 Å². The van der Waals surface area contributed by atoms with E-state index in [2.05, 4.69) is 24.7 Å². The summed E-state index contributed by atoms with van der Waals surface area (Å²) in [7, 11) is -3.57. The number of aromatic nitrogens is 3. The average molecular weight is 434 g/mol. The zero-order valence-electron chi connectivity index (χ0n) is 16.3. The van der Waals surface area contributed by atoms with Crippen LogP contribution >= 0.6 is 11.3 Å². The summed E-state index contributed by atoms with van der Waals surface area (Å²) in [5, 5.41) is 3.95. The Balaban J connectivity index is 1.42. The molecule has 3 aromatic heterocycles. The lowest BCUT2D eigenvalue weighted by atomic mass is 9.99. The summed E-state index contributed by atoms with van der Waals surface area (Å²) in [5.41, 5.74) is 1.62. The molecule has 0 bridgehead atoms. The number of anilines is 1. The highest BCUT2D eigenvalue weighted by Gasteiger charge is 2.25. The van der Waals surface area contributed by atoms with Crippen LogP contribution in [0.15, 0.2) is 39.3 Å². The van der Waals surface area contributed by atoms with E-state index in [1.165, 1.54) is 11.3 Å². The number of sulfonamides is 1. The summed E-state index contributed by atoms with van der Waals surface area (Å²) in [6.45, 7) is 5.69. The zero-order valence-corrected chi connectivity index (χ0v) is 18.0. The second-order valence-corrected chi connectivity index (χ2v) is 10.3. The van der Waals surface area contributed by atoms with Crippen molar-refractivity contribution < 1.29 is 12.9 Å². The number of thiophene rings is 1. The number of nitrogens with zero attached hydrogens (tertiary/aromatic N) is 4. The molecule has 8 nitrogen and oxygen atoms in total. The first-order valence-electron chi connectivity index (χ1n) is 9.49. The third-order valence-electron chi connectivity index (χ3n) is 5.04. The fourth-order valence-electron chi connectivity index (χ4n) is 3.60. The zero-order chi connectivity index (χ0) is 20.4. The van der Waals surface area contributed by atoms with Gasteiger partial charge >= 0.3 is 0 Å². The molecule has 4 heterocycles. The first-order valence-corrected chi connectivity index (χ1v) is 11.8. The molecule has 29 heavy (non-hydrogen) atoms. The van der Waals surface area contributed by atoms with Gasteiger partial charge in [0.05, 0.1) is 11.3 Å². The Bertz CT molecular complexity index is 1060. The lowest BCUT2D eigenvalue weighted by molar-refractivity contribution is 0.393. The quantitative estimate of drug-likeness (QED) is 0.638. The van der Waals surface area contributed by atoms with Crippen LogP contribution < -0.4 is 9.62 Å². The summed E-state index contributed by atoms with van der Waals surface area (Å²) in [4.78, 5) is 11.6. The highest BCUT2D eigenvalue weighted by atomic mass is 32.2. The molecule has 1 saturated heterocycles. The van der Waals surface area contributed by atoms with E-state index >= 15 is 0 Å². The van der Waals surface area contributed by atoms with E-state index in [9.17, 15) is 8.42 Å². The van der Waals surface area contributed by atoms with Crippen LogP contribution in [0.5, 0.6) is 0 Å². The Kier molecular flexibility index (Phi) is 5.66. The van der Waals surface area contributed by atoms with Crippen molar-refractivity contribution in [2.45, 2.75) is 30.9 Å². The maximum Gasteiger partial charge on any atom is 0.250 e. The predicted octanol–water partition coefficient (Wildman–Crippen LogP) is 3.00. The van der Waals surface area contributed by atoms with E-state index in [4.69, 9.17) is 4.52 Å². The molecular weight excluding hydrogens is 410 g/mol.